The highest BCUT2D eigenvalue weighted by molar-refractivity contribution is 6.31. The van der Waals surface area contributed by atoms with Gasteiger partial charge in [-0.25, -0.2) is 0 Å². The van der Waals surface area contributed by atoms with Crippen molar-refractivity contribution < 1.29 is 4.79 Å². The van der Waals surface area contributed by atoms with Crippen molar-refractivity contribution in [1.82, 2.24) is 9.88 Å². The molecule has 3 aromatic rings. The molecule has 2 aromatic carbocycles. The number of amides is 1. The molecule has 0 unspecified atom stereocenters. The number of hydrogen-bond acceptors (Lipinski definition) is 1. The van der Waals surface area contributed by atoms with Crippen molar-refractivity contribution >= 4 is 28.4 Å². The first-order valence-electron chi connectivity index (χ1n) is 6.73. The molecule has 0 saturated carbocycles. The van der Waals surface area contributed by atoms with Crippen molar-refractivity contribution in [3.8, 4) is 0 Å². The Hall–Kier alpha value is -2.26. The number of rotatable bonds is 3. The van der Waals surface area contributed by atoms with E-state index in [2.05, 4.69) is 22.0 Å². The van der Waals surface area contributed by atoms with E-state index in [9.17, 15) is 4.79 Å². The molecule has 1 amide bonds. The quantitative estimate of drug-likeness (QED) is 0.786. The minimum atomic E-state index is -0.103. The topological polar surface area (TPSA) is 34.0 Å². The maximum atomic E-state index is 12.0. The van der Waals surface area contributed by atoms with Crippen molar-refractivity contribution in [2.75, 3.05) is 7.05 Å². The van der Waals surface area contributed by atoms with Crippen LogP contribution in [0, 0.1) is 0 Å². The van der Waals surface area contributed by atoms with Gasteiger partial charge in [-0.1, -0.05) is 41.9 Å². The molecule has 3 rings (SSSR count). The van der Waals surface area contributed by atoms with E-state index >= 15 is 0 Å². The number of carbonyl (C=O) groups is 1. The van der Waals surface area contributed by atoms with E-state index in [-0.39, 0.29) is 5.91 Å². The number of halogens is 1. The lowest BCUT2D eigenvalue weighted by Crippen LogP contribution is -2.17. The van der Waals surface area contributed by atoms with Gasteiger partial charge in [0.05, 0.1) is 5.56 Å². The van der Waals surface area contributed by atoms with Gasteiger partial charge in [0, 0.05) is 35.7 Å². The third-order valence-corrected chi connectivity index (χ3v) is 3.75. The first-order valence-corrected chi connectivity index (χ1v) is 7.11. The lowest BCUT2D eigenvalue weighted by atomic mass is 10.1. The number of benzene rings is 2. The van der Waals surface area contributed by atoms with Crippen LogP contribution in [0.15, 0.2) is 54.7 Å². The first kappa shape index (κ1) is 13.7. The fourth-order valence-corrected chi connectivity index (χ4v) is 2.67. The SMILES string of the molecule is CNC(=O)c1cn(Cc2ccccc2)c2ccc(Cl)cc12. The lowest BCUT2D eigenvalue weighted by Gasteiger charge is -2.05. The van der Waals surface area contributed by atoms with Crippen LogP contribution in [0.4, 0.5) is 0 Å². The third kappa shape index (κ3) is 2.65. The van der Waals surface area contributed by atoms with E-state index < -0.39 is 0 Å². The molecule has 0 radical (unpaired) electrons. The second kappa shape index (κ2) is 5.62. The lowest BCUT2D eigenvalue weighted by molar-refractivity contribution is 0.0964. The summed E-state index contributed by atoms with van der Waals surface area (Å²) >= 11 is 6.07. The Labute approximate surface area is 128 Å². The Bertz CT molecular complexity index is 793. The molecule has 1 N–H and O–H groups in total. The minimum Gasteiger partial charge on any atom is -0.355 e. The second-order valence-electron chi connectivity index (χ2n) is 4.90. The Morgan fingerprint density at radius 3 is 2.67 bits per heavy atom. The van der Waals surface area contributed by atoms with E-state index in [0.717, 1.165) is 17.4 Å². The molecule has 0 saturated heterocycles. The van der Waals surface area contributed by atoms with Gasteiger partial charge in [-0.3, -0.25) is 4.79 Å². The predicted octanol–water partition coefficient (Wildman–Crippen LogP) is 3.70. The molecule has 1 heterocycles. The molecule has 0 aliphatic rings. The summed E-state index contributed by atoms with van der Waals surface area (Å²) in [6.07, 6.45) is 1.88. The average Bonchev–Trinajstić information content (AvgIpc) is 2.85. The van der Waals surface area contributed by atoms with Gasteiger partial charge in [0.25, 0.3) is 5.91 Å². The van der Waals surface area contributed by atoms with Gasteiger partial charge in [0.2, 0.25) is 0 Å². The van der Waals surface area contributed by atoms with Crippen LogP contribution < -0.4 is 5.32 Å². The molecule has 1 aromatic heterocycles. The average molecular weight is 299 g/mol. The van der Waals surface area contributed by atoms with Gasteiger partial charge >= 0.3 is 0 Å². The highest BCUT2D eigenvalue weighted by atomic mass is 35.5. The zero-order valence-electron chi connectivity index (χ0n) is 11.6. The largest absolute Gasteiger partial charge is 0.355 e. The smallest absolute Gasteiger partial charge is 0.253 e. The number of nitrogens with zero attached hydrogens (tertiary/aromatic N) is 1. The van der Waals surface area contributed by atoms with Crippen LogP contribution in [0.2, 0.25) is 5.02 Å². The summed E-state index contributed by atoms with van der Waals surface area (Å²) in [6.45, 7) is 0.718. The first-order chi connectivity index (χ1) is 10.2. The Balaban J connectivity index is 2.12. The summed E-state index contributed by atoms with van der Waals surface area (Å²) in [5, 5.41) is 4.18. The number of nitrogens with one attached hydrogen (secondary N) is 1. The van der Waals surface area contributed by atoms with Gasteiger partial charge < -0.3 is 9.88 Å². The fraction of sp³-hybridized carbons (Fsp3) is 0.118. The zero-order chi connectivity index (χ0) is 14.8. The second-order valence-corrected chi connectivity index (χ2v) is 5.33. The van der Waals surface area contributed by atoms with Crippen LogP contribution in [0.25, 0.3) is 10.9 Å². The van der Waals surface area contributed by atoms with E-state index in [1.54, 1.807) is 7.05 Å². The van der Waals surface area contributed by atoms with Crippen LogP contribution in [0.1, 0.15) is 15.9 Å². The van der Waals surface area contributed by atoms with Gasteiger partial charge in [0.1, 0.15) is 0 Å². The maximum Gasteiger partial charge on any atom is 0.253 e. The van der Waals surface area contributed by atoms with Crippen LogP contribution in [-0.2, 0) is 6.54 Å². The molecule has 0 atom stereocenters. The normalized spacial score (nSPS) is 10.8. The highest BCUT2D eigenvalue weighted by Gasteiger charge is 2.14. The van der Waals surface area contributed by atoms with E-state index in [0.29, 0.717) is 10.6 Å². The van der Waals surface area contributed by atoms with Gasteiger partial charge in [-0.15, -0.1) is 0 Å². The van der Waals surface area contributed by atoms with E-state index in [1.165, 1.54) is 5.56 Å². The van der Waals surface area contributed by atoms with Crippen LogP contribution >= 0.6 is 11.6 Å². The molecule has 3 nitrogen and oxygen atoms in total. The number of carbonyl (C=O) groups excluding carboxylic acids is 1. The Morgan fingerprint density at radius 2 is 1.95 bits per heavy atom. The standard InChI is InChI=1S/C17H15ClN2O/c1-19-17(21)15-11-20(10-12-5-3-2-4-6-12)16-8-7-13(18)9-14(15)16/h2-9,11H,10H2,1H3,(H,19,21). The van der Waals surface area contributed by atoms with Crippen LogP contribution in [-0.4, -0.2) is 17.5 Å². The predicted molar refractivity (Wildman–Crippen MR) is 85.9 cm³/mol. The van der Waals surface area contributed by atoms with Crippen molar-refractivity contribution in [2.24, 2.45) is 0 Å². The number of hydrogen-bond donors (Lipinski definition) is 1. The maximum absolute atomic E-state index is 12.0. The molecule has 4 heteroatoms. The summed E-state index contributed by atoms with van der Waals surface area (Å²) in [7, 11) is 1.63. The molecule has 0 aliphatic heterocycles. The number of fused-ring (bicyclic) bond motifs is 1. The van der Waals surface area contributed by atoms with Gasteiger partial charge in [0.15, 0.2) is 0 Å². The van der Waals surface area contributed by atoms with Gasteiger partial charge in [-0.2, -0.15) is 0 Å². The van der Waals surface area contributed by atoms with Crippen LogP contribution in [0.3, 0.4) is 0 Å². The molecular formula is C17H15ClN2O. The monoisotopic (exact) mass is 298 g/mol. The molecule has 21 heavy (non-hydrogen) atoms. The fourth-order valence-electron chi connectivity index (χ4n) is 2.50. The molecule has 106 valence electrons. The highest BCUT2D eigenvalue weighted by Crippen LogP contribution is 2.25. The van der Waals surface area contributed by atoms with Crippen LogP contribution in [0.5, 0.6) is 0 Å². The Kier molecular flexibility index (Phi) is 3.67. The van der Waals surface area contributed by atoms with Crippen molar-refractivity contribution in [3.63, 3.8) is 0 Å². The van der Waals surface area contributed by atoms with E-state index in [4.69, 9.17) is 11.6 Å². The summed E-state index contributed by atoms with van der Waals surface area (Å²) < 4.78 is 2.07. The van der Waals surface area contributed by atoms with Crippen molar-refractivity contribution in [1.29, 1.82) is 0 Å². The third-order valence-electron chi connectivity index (χ3n) is 3.51. The number of aromatic nitrogens is 1. The molecule has 0 aliphatic carbocycles. The zero-order valence-corrected chi connectivity index (χ0v) is 12.4. The summed E-state index contributed by atoms with van der Waals surface area (Å²) in [5.41, 5.74) is 2.83. The molecular weight excluding hydrogens is 284 g/mol. The Morgan fingerprint density at radius 1 is 1.19 bits per heavy atom. The minimum absolute atomic E-state index is 0.103. The molecule has 0 fully saturated rings. The van der Waals surface area contributed by atoms with Crippen molar-refractivity contribution in [2.45, 2.75) is 6.54 Å². The van der Waals surface area contributed by atoms with E-state index in [1.807, 2.05) is 42.6 Å². The van der Waals surface area contributed by atoms with Gasteiger partial charge in [-0.05, 0) is 23.8 Å². The summed E-state index contributed by atoms with van der Waals surface area (Å²) in [4.78, 5) is 12.0. The molecule has 0 spiro atoms. The summed E-state index contributed by atoms with van der Waals surface area (Å²) in [6, 6.07) is 15.8. The van der Waals surface area contributed by atoms with Crippen molar-refractivity contribution in [3.05, 3.63) is 70.9 Å². The summed E-state index contributed by atoms with van der Waals surface area (Å²) in [5.74, 6) is -0.103. The molecule has 0 bridgehead atoms.